The number of benzene rings is 1. The van der Waals surface area contributed by atoms with Crippen molar-refractivity contribution in [1.82, 2.24) is 20.2 Å². The normalized spacial score (nSPS) is 14.2. The van der Waals surface area contributed by atoms with Crippen LogP contribution < -0.4 is 10.2 Å². The minimum atomic E-state index is -0.0126. The summed E-state index contributed by atoms with van der Waals surface area (Å²) >= 11 is 1.63. The van der Waals surface area contributed by atoms with Crippen molar-refractivity contribution in [2.45, 2.75) is 19.4 Å². The Morgan fingerprint density at radius 3 is 2.75 bits per heavy atom. The lowest BCUT2D eigenvalue weighted by Crippen LogP contribution is -2.39. The minimum Gasteiger partial charge on any atom is -0.467 e. The quantitative estimate of drug-likeness (QED) is 0.327. The van der Waals surface area contributed by atoms with Gasteiger partial charge in [0.05, 0.1) is 36.4 Å². The van der Waals surface area contributed by atoms with Crippen molar-refractivity contribution in [3.8, 4) is 10.7 Å². The third-order valence-corrected chi connectivity index (χ3v) is 7.14. The van der Waals surface area contributed by atoms with Crippen LogP contribution in [0.1, 0.15) is 18.6 Å². The third kappa shape index (κ3) is 6.29. The Hall–Kier alpha value is -3.27. The maximum atomic E-state index is 12.7. The van der Waals surface area contributed by atoms with Crippen molar-refractivity contribution >= 4 is 34.0 Å². The Kier molecular flexibility index (Phi) is 8.22. The van der Waals surface area contributed by atoms with E-state index < -0.39 is 0 Å². The second-order valence-corrected chi connectivity index (χ2v) is 9.71. The van der Waals surface area contributed by atoms with Crippen molar-refractivity contribution in [1.29, 1.82) is 0 Å². The largest absolute Gasteiger partial charge is 0.467 e. The number of ether oxygens (including phenoxy) is 1. The SMILES string of the molecule is O=C(CCN(CCCN1CCOCC1)c1nc(-c2cccs2)nc2ccccc12)NCc1ccco1. The lowest BCUT2D eigenvalue weighted by atomic mass is 10.2. The van der Waals surface area contributed by atoms with Crippen LogP contribution in [0.2, 0.25) is 0 Å². The third-order valence-electron chi connectivity index (χ3n) is 6.28. The van der Waals surface area contributed by atoms with Crippen LogP contribution in [0.25, 0.3) is 21.6 Å². The molecule has 0 radical (unpaired) electrons. The Labute approximate surface area is 214 Å². The Bertz CT molecular complexity index is 1240. The number of fused-ring (bicyclic) bond motifs is 1. The number of hydrogen-bond donors (Lipinski definition) is 1. The zero-order valence-corrected chi connectivity index (χ0v) is 21.1. The van der Waals surface area contributed by atoms with Crippen LogP contribution in [0, 0.1) is 0 Å². The number of nitrogens with one attached hydrogen (secondary N) is 1. The van der Waals surface area contributed by atoms with E-state index in [-0.39, 0.29) is 5.91 Å². The summed E-state index contributed by atoms with van der Waals surface area (Å²) < 4.78 is 10.8. The van der Waals surface area contributed by atoms with E-state index in [9.17, 15) is 4.79 Å². The molecule has 0 spiro atoms. The van der Waals surface area contributed by atoms with Gasteiger partial charge in [0.15, 0.2) is 5.82 Å². The molecule has 1 aromatic carbocycles. The summed E-state index contributed by atoms with van der Waals surface area (Å²) in [5.74, 6) is 2.33. The summed E-state index contributed by atoms with van der Waals surface area (Å²) in [4.78, 5) is 28.2. The molecule has 4 heterocycles. The maximum absolute atomic E-state index is 12.7. The van der Waals surface area contributed by atoms with E-state index in [1.54, 1.807) is 17.6 Å². The molecule has 0 unspecified atom stereocenters. The maximum Gasteiger partial charge on any atom is 0.222 e. The van der Waals surface area contributed by atoms with Gasteiger partial charge in [-0.1, -0.05) is 18.2 Å². The fourth-order valence-electron chi connectivity index (χ4n) is 4.37. The van der Waals surface area contributed by atoms with Crippen molar-refractivity contribution < 1.29 is 13.9 Å². The van der Waals surface area contributed by atoms with Gasteiger partial charge in [-0.2, -0.15) is 0 Å². The fraction of sp³-hybridized carbons (Fsp3) is 0.370. The van der Waals surface area contributed by atoms with E-state index >= 15 is 0 Å². The number of anilines is 1. The van der Waals surface area contributed by atoms with Crippen molar-refractivity contribution in [3.63, 3.8) is 0 Å². The van der Waals surface area contributed by atoms with Crippen LogP contribution in [0.4, 0.5) is 5.82 Å². The van der Waals surface area contributed by atoms with Crippen LogP contribution >= 0.6 is 11.3 Å². The number of thiophene rings is 1. The van der Waals surface area contributed by atoms with Crippen molar-refractivity contribution in [2.24, 2.45) is 0 Å². The molecule has 9 heteroatoms. The summed E-state index contributed by atoms with van der Waals surface area (Å²) in [5, 5.41) is 6.00. The first-order valence-electron chi connectivity index (χ1n) is 12.4. The van der Waals surface area contributed by atoms with Gasteiger partial charge in [0.2, 0.25) is 5.91 Å². The number of furan rings is 1. The van der Waals surface area contributed by atoms with Crippen LogP contribution in [0.3, 0.4) is 0 Å². The van der Waals surface area contributed by atoms with Crippen LogP contribution in [-0.2, 0) is 16.1 Å². The second kappa shape index (κ2) is 12.1. The molecular formula is C27H31N5O3S. The Morgan fingerprint density at radius 2 is 1.94 bits per heavy atom. The highest BCUT2D eigenvalue weighted by Gasteiger charge is 2.18. The zero-order chi connectivity index (χ0) is 24.6. The monoisotopic (exact) mass is 505 g/mol. The topological polar surface area (TPSA) is 83.7 Å². The number of para-hydroxylation sites is 1. The van der Waals surface area contributed by atoms with Gasteiger partial charge in [-0.25, -0.2) is 9.97 Å². The molecule has 0 atom stereocenters. The van der Waals surface area contributed by atoms with E-state index in [0.717, 1.165) is 79.0 Å². The summed E-state index contributed by atoms with van der Waals surface area (Å²) in [5.41, 5.74) is 0.909. The number of nitrogens with zero attached hydrogens (tertiary/aromatic N) is 4. The Morgan fingerprint density at radius 1 is 1.06 bits per heavy atom. The molecule has 1 N–H and O–H groups in total. The molecule has 0 bridgehead atoms. The van der Waals surface area contributed by atoms with Gasteiger partial charge in [-0.15, -0.1) is 11.3 Å². The van der Waals surface area contributed by atoms with Gasteiger partial charge in [0.1, 0.15) is 11.6 Å². The van der Waals surface area contributed by atoms with Gasteiger partial charge in [-0.05, 0) is 42.1 Å². The van der Waals surface area contributed by atoms with Crippen LogP contribution in [0.5, 0.6) is 0 Å². The predicted octanol–water partition coefficient (Wildman–Crippen LogP) is 4.19. The molecule has 3 aromatic heterocycles. The molecule has 188 valence electrons. The van der Waals surface area contributed by atoms with E-state index in [2.05, 4.69) is 21.2 Å². The highest BCUT2D eigenvalue weighted by Crippen LogP contribution is 2.29. The standard InChI is InChI=1S/C27H31N5O3S/c33-25(28-20-21-6-3-16-35-21)10-13-32(12-5-11-31-14-17-34-18-15-31)27-22-7-1-2-8-23(22)29-26(30-27)24-9-4-19-36-24/h1-4,6-9,16,19H,5,10-15,17-18,20H2,(H,28,33). The molecule has 4 aromatic rings. The summed E-state index contributed by atoms with van der Waals surface area (Å²) in [7, 11) is 0. The first-order valence-corrected chi connectivity index (χ1v) is 13.3. The lowest BCUT2D eigenvalue weighted by Gasteiger charge is -2.29. The Balaban J connectivity index is 1.35. The number of carbonyl (C=O) groups excluding carboxylic acids is 1. The zero-order valence-electron chi connectivity index (χ0n) is 20.3. The average molecular weight is 506 g/mol. The van der Waals surface area contributed by atoms with Gasteiger partial charge in [-0.3, -0.25) is 9.69 Å². The second-order valence-electron chi connectivity index (χ2n) is 8.77. The smallest absolute Gasteiger partial charge is 0.222 e. The molecule has 1 aliphatic heterocycles. The number of aromatic nitrogens is 2. The molecule has 1 amide bonds. The molecule has 1 aliphatic rings. The molecule has 8 nitrogen and oxygen atoms in total. The van der Waals surface area contributed by atoms with Crippen LogP contribution in [0.15, 0.2) is 64.6 Å². The average Bonchev–Trinajstić information content (AvgIpc) is 3.64. The van der Waals surface area contributed by atoms with E-state index in [1.807, 2.05) is 47.8 Å². The van der Waals surface area contributed by atoms with Crippen molar-refractivity contribution in [2.75, 3.05) is 50.8 Å². The fourth-order valence-corrected chi connectivity index (χ4v) is 5.03. The highest BCUT2D eigenvalue weighted by molar-refractivity contribution is 7.13. The van der Waals surface area contributed by atoms with Crippen molar-refractivity contribution in [3.05, 3.63) is 65.9 Å². The number of amides is 1. The van der Waals surface area contributed by atoms with Gasteiger partial charge in [0, 0.05) is 44.5 Å². The molecule has 36 heavy (non-hydrogen) atoms. The number of hydrogen-bond acceptors (Lipinski definition) is 8. The first kappa shape index (κ1) is 24.4. The van der Waals surface area contributed by atoms with E-state index in [0.29, 0.717) is 19.5 Å². The summed E-state index contributed by atoms with van der Waals surface area (Å²) in [6.07, 6.45) is 2.95. The number of morpholine rings is 1. The molecule has 1 fully saturated rings. The summed E-state index contributed by atoms with van der Waals surface area (Å²) in [6, 6.07) is 15.9. The first-order chi connectivity index (χ1) is 17.8. The predicted molar refractivity (Wildman–Crippen MR) is 142 cm³/mol. The van der Waals surface area contributed by atoms with Gasteiger partial charge < -0.3 is 19.4 Å². The molecule has 0 saturated carbocycles. The summed E-state index contributed by atoms with van der Waals surface area (Å²) in [6.45, 7) is 6.27. The highest BCUT2D eigenvalue weighted by atomic mass is 32.1. The molecule has 0 aliphatic carbocycles. The lowest BCUT2D eigenvalue weighted by molar-refractivity contribution is -0.121. The minimum absolute atomic E-state index is 0.0126. The van der Waals surface area contributed by atoms with Crippen LogP contribution in [-0.4, -0.2) is 66.7 Å². The van der Waals surface area contributed by atoms with Gasteiger partial charge >= 0.3 is 0 Å². The molecule has 1 saturated heterocycles. The molecular weight excluding hydrogens is 474 g/mol. The van der Waals surface area contributed by atoms with Gasteiger partial charge in [0.25, 0.3) is 0 Å². The number of carbonyl (C=O) groups is 1. The van der Waals surface area contributed by atoms with E-state index in [4.69, 9.17) is 19.1 Å². The van der Waals surface area contributed by atoms with E-state index in [1.165, 1.54) is 0 Å². The number of rotatable bonds is 11. The molecule has 5 rings (SSSR count).